The molecular weight excluding hydrogens is 631 g/mol. The number of fused-ring (bicyclic) bond motifs is 11. The highest BCUT2D eigenvalue weighted by Crippen LogP contribution is 2.48. The van der Waals surface area contributed by atoms with Gasteiger partial charge in [0.25, 0.3) is 0 Å². The highest BCUT2D eigenvalue weighted by atomic mass is 15.0. The number of aromatic nitrogens is 3. The monoisotopic (exact) mass is 659 g/mol. The molecule has 0 fully saturated rings. The van der Waals surface area contributed by atoms with Crippen LogP contribution in [-0.2, 0) is 0 Å². The van der Waals surface area contributed by atoms with Crippen LogP contribution in [0.25, 0.3) is 110 Å². The lowest BCUT2D eigenvalue weighted by molar-refractivity contribution is 1.19. The number of para-hydroxylation sites is 2. The maximum Gasteiger partial charge on any atom is 0.0619 e. The minimum absolute atomic E-state index is 1.16. The Kier molecular flexibility index (Phi) is 5.50. The van der Waals surface area contributed by atoms with E-state index < -0.39 is 0 Å². The van der Waals surface area contributed by atoms with Crippen molar-refractivity contribution in [1.29, 1.82) is 0 Å². The first-order valence-electron chi connectivity index (χ1n) is 17.9. The summed E-state index contributed by atoms with van der Waals surface area (Å²) in [6, 6.07) is 60.3. The molecule has 0 spiro atoms. The summed E-state index contributed by atoms with van der Waals surface area (Å²) in [5.74, 6) is 0. The Morgan fingerprint density at radius 2 is 1.08 bits per heavy atom. The largest absolute Gasteiger partial charge is 0.309 e. The maximum atomic E-state index is 4.51. The molecule has 1 aliphatic carbocycles. The molecule has 0 saturated heterocycles. The smallest absolute Gasteiger partial charge is 0.0619 e. The van der Waals surface area contributed by atoms with E-state index in [0.29, 0.717) is 0 Å². The van der Waals surface area contributed by atoms with Crippen LogP contribution in [0.15, 0.2) is 176 Å². The van der Waals surface area contributed by atoms with Gasteiger partial charge >= 0.3 is 0 Å². The summed E-state index contributed by atoms with van der Waals surface area (Å²) in [5, 5.41) is 10.1. The highest BCUT2D eigenvalue weighted by molar-refractivity contribution is 6.20. The van der Waals surface area contributed by atoms with Crippen LogP contribution in [0.1, 0.15) is 0 Å². The van der Waals surface area contributed by atoms with Crippen LogP contribution < -0.4 is 0 Å². The van der Waals surface area contributed by atoms with Crippen LogP contribution in [0.3, 0.4) is 0 Å². The molecule has 3 heteroatoms. The van der Waals surface area contributed by atoms with E-state index in [1.165, 1.54) is 104 Å². The van der Waals surface area contributed by atoms with Gasteiger partial charge in [-0.3, -0.25) is 4.98 Å². The summed E-state index contributed by atoms with van der Waals surface area (Å²) >= 11 is 0. The van der Waals surface area contributed by atoms with E-state index in [9.17, 15) is 0 Å². The summed E-state index contributed by atoms with van der Waals surface area (Å²) in [5.41, 5.74) is 14.6. The number of rotatable bonds is 3. The van der Waals surface area contributed by atoms with Gasteiger partial charge < -0.3 is 9.13 Å². The first-order chi connectivity index (χ1) is 25.8. The predicted molar refractivity (Wildman–Crippen MR) is 218 cm³/mol. The fraction of sp³-hybridized carbons (Fsp3) is 0. The highest BCUT2D eigenvalue weighted by Gasteiger charge is 2.23. The molecule has 3 heterocycles. The molecule has 0 unspecified atom stereocenters. The van der Waals surface area contributed by atoms with Crippen molar-refractivity contribution in [3.63, 3.8) is 0 Å². The van der Waals surface area contributed by atoms with Crippen LogP contribution in [0, 0.1) is 0 Å². The summed E-state index contributed by atoms with van der Waals surface area (Å²) in [6.07, 6.45) is 3.92. The van der Waals surface area contributed by atoms with Crippen molar-refractivity contribution in [2.75, 3.05) is 0 Å². The van der Waals surface area contributed by atoms with Gasteiger partial charge in [0.15, 0.2) is 0 Å². The van der Waals surface area contributed by atoms with Crippen molar-refractivity contribution >= 4 is 65.2 Å². The van der Waals surface area contributed by atoms with Gasteiger partial charge in [0.2, 0.25) is 0 Å². The summed E-state index contributed by atoms with van der Waals surface area (Å²) in [4.78, 5) is 4.51. The Labute approximate surface area is 299 Å². The number of benzene rings is 8. The van der Waals surface area contributed by atoms with Crippen molar-refractivity contribution in [2.24, 2.45) is 0 Å². The Morgan fingerprint density at radius 3 is 1.94 bits per heavy atom. The van der Waals surface area contributed by atoms with Gasteiger partial charge in [0, 0.05) is 56.3 Å². The number of hydrogen-bond donors (Lipinski definition) is 0. The topological polar surface area (TPSA) is 22.8 Å². The normalized spacial score (nSPS) is 12.2. The molecule has 3 aromatic heterocycles. The van der Waals surface area contributed by atoms with Crippen LogP contribution in [0.5, 0.6) is 0 Å². The first-order valence-corrected chi connectivity index (χ1v) is 17.9. The van der Waals surface area contributed by atoms with Crippen LogP contribution in [0.4, 0.5) is 0 Å². The zero-order valence-electron chi connectivity index (χ0n) is 28.1. The van der Waals surface area contributed by atoms with Crippen molar-refractivity contribution in [3.8, 4) is 44.8 Å². The molecule has 0 amide bonds. The van der Waals surface area contributed by atoms with Crippen LogP contribution in [0.2, 0.25) is 0 Å². The lowest BCUT2D eigenvalue weighted by Crippen LogP contribution is -1.95. The summed E-state index contributed by atoms with van der Waals surface area (Å²) in [6.45, 7) is 0. The second kappa shape index (κ2) is 10.3. The van der Waals surface area contributed by atoms with Gasteiger partial charge in [0.05, 0.1) is 22.1 Å². The molecule has 12 rings (SSSR count). The lowest BCUT2D eigenvalue weighted by Gasteiger charge is -2.12. The molecule has 3 nitrogen and oxygen atoms in total. The van der Waals surface area contributed by atoms with Gasteiger partial charge in [0.1, 0.15) is 0 Å². The number of hydrogen-bond acceptors (Lipinski definition) is 1. The van der Waals surface area contributed by atoms with Crippen molar-refractivity contribution in [3.05, 3.63) is 176 Å². The van der Waals surface area contributed by atoms with E-state index >= 15 is 0 Å². The third-order valence-electron chi connectivity index (χ3n) is 11.3. The molecule has 0 aliphatic heterocycles. The Hall–Kier alpha value is -6.97. The predicted octanol–water partition coefficient (Wildman–Crippen LogP) is 12.9. The van der Waals surface area contributed by atoms with Gasteiger partial charge in [-0.05, 0) is 105 Å². The van der Waals surface area contributed by atoms with Crippen molar-refractivity contribution < 1.29 is 0 Å². The zero-order valence-corrected chi connectivity index (χ0v) is 28.1. The second-order valence-corrected chi connectivity index (χ2v) is 14.0. The fourth-order valence-electron chi connectivity index (χ4n) is 9.06. The number of nitrogens with zero attached hydrogens (tertiary/aromatic N) is 3. The molecule has 1 aliphatic rings. The van der Waals surface area contributed by atoms with Crippen molar-refractivity contribution in [1.82, 2.24) is 14.1 Å². The quantitative estimate of drug-likeness (QED) is 0.185. The third-order valence-corrected chi connectivity index (χ3v) is 11.3. The molecule has 8 aromatic carbocycles. The molecule has 11 aromatic rings. The molecule has 0 atom stereocenters. The van der Waals surface area contributed by atoms with Gasteiger partial charge in [-0.25, -0.2) is 0 Å². The number of pyridine rings is 1. The summed E-state index contributed by atoms with van der Waals surface area (Å²) < 4.78 is 4.87. The van der Waals surface area contributed by atoms with E-state index in [2.05, 4.69) is 178 Å². The van der Waals surface area contributed by atoms with Gasteiger partial charge in [-0.15, -0.1) is 0 Å². The summed E-state index contributed by atoms with van der Waals surface area (Å²) in [7, 11) is 0. The Morgan fingerprint density at radius 1 is 0.365 bits per heavy atom. The fourth-order valence-corrected chi connectivity index (χ4v) is 9.06. The van der Waals surface area contributed by atoms with Gasteiger partial charge in [-0.1, -0.05) is 103 Å². The van der Waals surface area contributed by atoms with E-state index in [1.54, 1.807) is 0 Å². The molecule has 0 saturated carbocycles. The van der Waals surface area contributed by atoms with Crippen molar-refractivity contribution in [2.45, 2.75) is 0 Å². The molecular formula is C49H29N3. The second-order valence-electron chi connectivity index (χ2n) is 14.0. The standard InChI is InChI=1S/C49H29N3/c1-2-11-34(12-3-1)52-47-22-19-32(27-42(47)40-20-17-30-9-4-5-13-36(30)49(40)52)31-18-21-46-41(26-31)38-14-6-7-16-45(38)51(46)35-25-33-10-8-15-39-37-23-24-50-29-44(37)43(28-35)48(33)39/h1-29H. The van der Waals surface area contributed by atoms with E-state index in [0.717, 1.165) is 5.69 Å². The van der Waals surface area contributed by atoms with E-state index in [4.69, 9.17) is 0 Å². The molecule has 52 heavy (non-hydrogen) atoms. The Balaban J connectivity index is 1.08. The Bertz CT molecular complexity index is 3290. The first kappa shape index (κ1) is 27.8. The molecule has 240 valence electrons. The SMILES string of the molecule is c1ccc(-n2c3ccc(-c4ccc5c(c4)c4ccccc4n5-c4cc5c6c(cccc6c4)-c4ccncc4-5)cc3c3ccc4ccccc4c32)cc1. The van der Waals surface area contributed by atoms with E-state index in [-0.39, 0.29) is 0 Å². The van der Waals surface area contributed by atoms with Crippen LogP contribution >= 0.6 is 0 Å². The lowest BCUT2D eigenvalue weighted by atomic mass is 10.00. The van der Waals surface area contributed by atoms with Crippen LogP contribution in [-0.4, -0.2) is 14.1 Å². The zero-order chi connectivity index (χ0) is 33.9. The van der Waals surface area contributed by atoms with Gasteiger partial charge in [-0.2, -0.15) is 0 Å². The average molecular weight is 660 g/mol. The molecule has 0 radical (unpaired) electrons. The average Bonchev–Trinajstić information content (AvgIpc) is 3.84. The van der Waals surface area contributed by atoms with E-state index in [1.807, 2.05) is 12.4 Å². The molecule has 0 bridgehead atoms. The molecule has 0 N–H and O–H groups in total. The maximum absolute atomic E-state index is 4.51. The third kappa shape index (κ3) is 3.72. The minimum Gasteiger partial charge on any atom is -0.309 e. The minimum atomic E-state index is 1.16.